The second-order valence-electron chi connectivity index (χ2n) is 4.89. The minimum atomic E-state index is -0.742. The summed E-state index contributed by atoms with van der Waals surface area (Å²) in [5, 5.41) is 15.9. The van der Waals surface area contributed by atoms with E-state index >= 15 is 0 Å². The van der Waals surface area contributed by atoms with Crippen LogP contribution in [0.3, 0.4) is 0 Å². The van der Waals surface area contributed by atoms with E-state index < -0.39 is 5.54 Å². The van der Waals surface area contributed by atoms with Crippen molar-refractivity contribution in [3.8, 4) is 6.07 Å². The van der Waals surface area contributed by atoms with Gasteiger partial charge in [0.15, 0.2) is 0 Å². The number of aryl methyl sites for hydroxylation is 1. The summed E-state index contributed by atoms with van der Waals surface area (Å²) in [7, 11) is 0. The standard InChI is InChI=1S/C13H17N3O2/c1-10-8-11(18-16-10)12(17)15-13(9-14)6-4-2-3-5-7-13/h8H,2-7H2,1H3,(H,15,17). The topological polar surface area (TPSA) is 78.9 Å². The molecule has 1 aliphatic carbocycles. The maximum absolute atomic E-state index is 12.0. The Morgan fingerprint density at radius 2 is 2.11 bits per heavy atom. The fraction of sp³-hybridized carbons (Fsp3) is 0.615. The molecule has 5 nitrogen and oxygen atoms in total. The number of hydrogen-bond acceptors (Lipinski definition) is 4. The Morgan fingerprint density at radius 3 is 2.61 bits per heavy atom. The highest BCUT2D eigenvalue weighted by Crippen LogP contribution is 2.26. The SMILES string of the molecule is Cc1cc(C(=O)NC2(C#N)CCCCCC2)on1. The fourth-order valence-electron chi connectivity index (χ4n) is 2.35. The van der Waals surface area contributed by atoms with Crippen molar-refractivity contribution in [1.29, 1.82) is 5.26 Å². The first kappa shape index (κ1) is 12.6. The first-order valence-corrected chi connectivity index (χ1v) is 6.32. The van der Waals surface area contributed by atoms with Gasteiger partial charge in [-0.1, -0.05) is 30.8 Å². The van der Waals surface area contributed by atoms with Crippen molar-refractivity contribution in [3.63, 3.8) is 0 Å². The van der Waals surface area contributed by atoms with Crippen LogP contribution in [0.25, 0.3) is 0 Å². The summed E-state index contributed by atoms with van der Waals surface area (Å²) in [4.78, 5) is 12.0. The van der Waals surface area contributed by atoms with Crippen LogP contribution in [0.4, 0.5) is 0 Å². The van der Waals surface area contributed by atoms with Gasteiger partial charge in [-0.3, -0.25) is 4.79 Å². The number of nitriles is 1. The Hall–Kier alpha value is -1.83. The molecule has 1 aromatic rings. The van der Waals surface area contributed by atoms with Gasteiger partial charge >= 0.3 is 0 Å². The van der Waals surface area contributed by atoms with Crippen LogP contribution in [-0.4, -0.2) is 16.6 Å². The van der Waals surface area contributed by atoms with Crippen LogP contribution in [0.2, 0.25) is 0 Å². The minimum Gasteiger partial charge on any atom is -0.351 e. The molecule has 0 radical (unpaired) electrons. The Balaban J connectivity index is 2.10. The molecule has 0 spiro atoms. The molecule has 18 heavy (non-hydrogen) atoms. The van der Waals surface area contributed by atoms with Gasteiger partial charge in [0.2, 0.25) is 5.76 Å². The molecule has 0 atom stereocenters. The van der Waals surface area contributed by atoms with E-state index in [-0.39, 0.29) is 11.7 Å². The molecule has 0 unspecified atom stereocenters. The highest BCUT2D eigenvalue weighted by molar-refractivity contribution is 5.92. The summed E-state index contributed by atoms with van der Waals surface area (Å²) >= 11 is 0. The quantitative estimate of drug-likeness (QED) is 0.813. The van der Waals surface area contributed by atoms with E-state index in [9.17, 15) is 10.1 Å². The van der Waals surface area contributed by atoms with Gasteiger partial charge in [-0.25, -0.2) is 0 Å². The highest BCUT2D eigenvalue weighted by Gasteiger charge is 2.33. The average Bonchev–Trinajstić information content (AvgIpc) is 2.66. The van der Waals surface area contributed by atoms with Gasteiger partial charge in [-0.15, -0.1) is 0 Å². The molecule has 1 saturated carbocycles. The Bertz CT molecular complexity index is 465. The lowest BCUT2D eigenvalue weighted by atomic mass is 9.92. The van der Waals surface area contributed by atoms with Gasteiger partial charge < -0.3 is 9.84 Å². The number of rotatable bonds is 2. The summed E-state index contributed by atoms with van der Waals surface area (Å²) < 4.78 is 4.92. The summed E-state index contributed by atoms with van der Waals surface area (Å²) in [5.41, 5.74) is -0.0825. The normalized spacial score (nSPS) is 18.7. The molecule has 0 saturated heterocycles. The second kappa shape index (κ2) is 5.21. The van der Waals surface area contributed by atoms with Crippen LogP contribution in [0.1, 0.15) is 54.8 Å². The summed E-state index contributed by atoms with van der Waals surface area (Å²) in [6, 6.07) is 3.85. The van der Waals surface area contributed by atoms with Gasteiger partial charge in [0.25, 0.3) is 5.91 Å². The van der Waals surface area contributed by atoms with Crippen molar-refractivity contribution < 1.29 is 9.32 Å². The van der Waals surface area contributed by atoms with Crippen LogP contribution < -0.4 is 5.32 Å². The molecule has 1 heterocycles. The molecule has 2 rings (SSSR count). The number of hydrogen-bond donors (Lipinski definition) is 1. The number of carbonyl (C=O) groups is 1. The molecule has 1 fully saturated rings. The number of carbonyl (C=O) groups excluding carboxylic acids is 1. The number of nitrogens with one attached hydrogen (secondary N) is 1. The smallest absolute Gasteiger partial charge is 0.291 e. The Labute approximate surface area is 106 Å². The van der Waals surface area contributed by atoms with Crippen molar-refractivity contribution in [1.82, 2.24) is 10.5 Å². The van der Waals surface area contributed by atoms with Crippen LogP contribution in [-0.2, 0) is 0 Å². The van der Waals surface area contributed by atoms with Crippen LogP contribution in [0.5, 0.6) is 0 Å². The van der Waals surface area contributed by atoms with Crippen molar-refractivity contribution in [2.45, 2.75) is 51.0 Å². The van der Waals surface area contributed by atoms with E-state index in [0.717, 1.165) is 25.7 Å². The van der Waals surface area contributed by atoms with Crippen molar-refractivity contribution >= 4 is 5.91 Å². The molecule has 96 valence electrons. The molecule has 5 heteroatoms. The molecule has 1 aliphatic rings. The van der Waals surface area contributed by atoms with E-state index in [1.54, 1.807) is 13.0 Å². The zero-order valence-corrected chi connectivity index (χ0v) is 10.5. The first-order chi connectivity index (χ1) is 8.65. The Morgan fingerprint density at radius 1 is 1.44 bits per heavy atom. The van der Waals surface area contributed by atoms with Gasteiger partial charge in [0, 0.05) is 6.07 Å². The van der Waals surface area contributed by atoms with E-state index in [2.05, 4.69) is 16.5 Å². The van der Waals surface area contributed by atoms with E-state index in [1.807, 2.05) is 0 Å². The largest absolute Gasteiger partial charge is 0.351 e. The lowest BCUT2D eigenvalue weighted by Crippen LogP contribution is -2.46. The van der Waals surface area contributed by atoms with Crippen LogP contribution in [0, 0.1) is 18.3 Å². The fourth-order valence-corrected chi connectivity index (χ4v) is 2.35. The number of aromatic nitrogens is 1. The lowest BCUT2D eigenvalue weighted by Gasteiger charge is -2.25. The van der Waals surface area contributed by atoms with E-state index in [1.165, 1.54) is 0 Å². The maximum Gasteiger partial charge on any atom is 0.291 e. The zero-order chi connectivity index (χ0) is 13.0. The molecule has 0 aliphatic heterocycles. The number of amides is 1. The molecule has 1 N–H and O–H groups in total. The Kier molecular flexibility index (Phi) is 3.66. The summed E-state index contributed by atoms with van der Waals surface area (Å²) in [6.45, 7) is 1.76. The van der Waals surface area contributed by atoms with Gasteiger partial charge in [0.05, 0.1) is 11.8 Å². The van der Waals surface area contributed by atoms with E-state index in [4.69, 9.17) is 4.52 Å². The molecule has 0 aromatic carbocycles. The van der Waals surface area contributed by atoms with Gasteiger partial charge in [-0.05, 0) is 19.8 Å². The second-order valence-corrected chi connectivity index (χ2v) is 4.89. The lowest BCUT2D eigenvalue weighted by molar-refractivity contribution is 0.0875. The van der Waals surface area contributed by atoms with Crippen LogP contribution in [0.15, 0.2) is 10.6 Å². The highest BCUT2D eigenvalue weighted by atomic mass is 16.5. The average molecular weight is 247 g/mol. The third kappa shape index (κ3) is 2.70. The molecule has 0 bridgehead atoms. The van der Waals surface area contributed by atoms with Gasteiger partial charge in [-0.2, -0.15) is 5.26 Å². The zero-order valence-electron chi connectivity index (χ0n) is 10.5. The third-order valence-electron chi connectivity index (χ3n) is 3.38. The maximum atomic E-state index is 12.0. The molecule has 1 aromatic heterocycles. The summed E-state index contributed by atoms with van der Waals surface area (Å²) in [6.07, 6.45) is 5.62. The van der Waals surface area contributed by atoms with Crippen LogP contribution >= 0.6 is 0 Å². The molecular formula is C13H17N3O2. The van der Waals surface area contributed by atoms with Crippen molar-refractivity contribution in [3.05, 3.63) is 17.5 Å². The molecule has 1 amide bonds. The summed E-state index contributed by atoms with van der Waals surface area (Å²) in [5.74, 6) is -0.176. The minimum absolute atomic E-state index is 0.173. The first-order valence-electron chi connectivity index (χ1n) is 6.32. The van der Waals surface area contributed by atoms with Crippen molar-refractivity contribution in [2.75, 3.05) is 0 Å². The monoisotopic (exact) mass is 247 g/mol. The molecular weight excluding hydrogens is 230 g/mol. The van der Waals surface area contributed by atoms with Gasteiger partial charge in [0.1, 0.15) is 5.54 Å². The third-order valence-corrected chi connectivity index (χ3v) is 3.38. The number of nitrogens with zero attached hydrogens (tertiary/aromatic N) is 2. The van der Waals surface area contributed by atoms with Crippen molar-refractivity contribution in [2.24, 2.45) is 0 Å². The van der Waals surface area contributed by atoms with E-state index in [0.29, 0.717) is 18.5 Å². The predicted octanol–water partition coefficient (Wildman–Crippen LogP) is 2.33. The predicted molar refractivity (Wildman–Crippen MR) is 64.8 cm³/mol.